The maximum atomic E-state index is 12.0. The molecular weight excluding hydrogens is 322 g/mol. The van der Waals surface area contributed by atoms with Crippen LogP contribution in [0.15, 0.2) is 24.3 Å². The van der Waals surface area contributed by atoms with E-state index in [9.17, 15) is 9.59 Å². The number of ether oxygens (including phenoxy) is 2. The molecule has 1 unspecified atom stereocenters. The molecular formula is C19H25NO5. The Bertz CT molecular complexity index is 607. The van der Waals surface area contributed by atoms with Crippen molar-refractivity contribution in [3.8, 4) is 0 Å². The summed E-state index contributed by atoms with van der Waals surface area (Å²) in [6.45, 7) is 0.909. The summed E-state index contributed by atoms with van der Waals surface area (Å²) < 4.78 is 10.3. The molecule has 6 nitrogen and oxygen atoms in total. The summed E-state index contributed by atoms with van der Waals surface area (Å²) in [4.78, 5) is 24.4. The van der Waals surface area contributed by atoms with Gasteiger partial charge < -0.3 is 14.6 Å². The third-order valence-electron chi connectivity index (χ3n) is 5.21. The van der Waals surface area contributed by atoms with Gasteiger partial charge in [0.1, 0.15) is 6.10 Å². The van der Waals surface area contributed by atoms with E-state index in [-0.39, 0.29) is 18.6 Å². The van der Waals surface area contributed by atoms with Crippen molar-refractivity contribution in [3.05, 3.63) is 29.8 Å². The van der Waals surface area contributed by atoms with Crippen molar-refractivity contribution in [2.24, 2.45) is 5.92 Å². The second-order valence-electron chi connectivity index (χ2n) is 6.98. The van der Waals surface area contributed by atoms with E-state index in [0.29, 0.717) is 25.0 Å². The number of rotatable bonds is 6. The molecule has 1 aliphatic heterocycles. The summed E-state index contributed by atoms with van der Waals surface area (Å²) in [7, 11) is 1.59. The highest BCUT2D eigenvalue weighted by Crippen LogP contribution is 2.37. The van der Waals surface area contributed by atoms with Crippen LogP contribution in [0.25, 0.3) is 0 Å². The number of amides is 1. The molecule has 136 valence electrons. The van der Waals surface area contributed by atoms with Crippen molar-refractivity contribution < 1.29 is 24.2 Å². The number of benzene rings is 1. The van der Waals surface area contributed by atoms with Gasteiger partial charge >= 0.3 is 12.1 Å². The number of methoxy groups -OCH3 is 1. The van der Waals surface area contributed by atoms with Gasteiger partial charge in [0, 0.05) is 19.2 Å². The Morgan fingerprint density at radius 1 is 1.24 bits per heavy atom. The van der Waals surface area contributed by atoms with E-state index in [2.05, 4.69) is 12.1 Å². The molecule has 0 bridgehead atoms. The molecule has 1 heterocycles. The largest absolute Gasteiger partial charge is 0.481 e. The van der Waals surface area contributed by atoms with Crippen LogP contribution in [-0.4, -0.2) is 43.5 Å². The third-order valence-corrected chi connectivity index (χ3v) is 5.21. The molecule has 0 radical (unpaired) electrons. The van der Waals surface area contributed by atoms with Gasteiger partial charge in [0.2, 0.25) is 0 Å². The average molecular weight is 347 g/mol. The van der Waals surface area contributed by atoms with Crippen molar-refractivity contribution in [3.63, 3.8) is 0 Å². The molecule has 0 aromatic heterocycles. The minimum absolute atomic E-state index is 0.221. The Labute approximate surface area is 147 Å². The van der Waals surface area contributed by atoms with Crippen LogP contribution in [0.2, 0.25) is 0 Å². The molecule has 25 heavy (non-hydrogen) atoms. The molecule has 1 aliphatic carbocycles. The second kappa shape index (κ2) is 7.87. The number of anilines is 1. The zero-order chi connectivity index (χ0) is 17.8. The number of carboxylic acids is 1. The number of aliphatic carboxylic acids is 1. The monoisotopic (exact) mass is 347 g/mol. The lowest BCUT2D eigenvalue weighted by molar-refractivity contribution is -0.138. The summed E-state index contributed by atoms with van der Waals surface area (Å²) in [6, 6.07) is 8.09. The lowest BCUT2D eigenvalue weighted by Gasteiger charge is -2.28. The van der Waals surface area contributed by atoms with Crippen LogP contribution >= 0.6 is 0 Å². The molecule has 1 saturated carbocycles. The maximum absolute atomic E-state index is 12.0. The van der Waals surface area contributed by atoms with Gasteiger partial charge in [-0.1, -0.05) is 12.1 Å². The highest BCUT2D eigenvalue weighted by molar-refractivity contribution is 5.89. The van der Waals surface area contributed by atoms with Gasteiger partial charge in [0.25, 0.3) is 0 Å². The molecule has 1 aromatic carbocycles. The van der Waals surface area contributed by atoms with Crippen molar-refractivity contribution in [1.29, 1.82) is 0 Å². The number of cyclic esters (lactones) is 1. The first-order valence-electron chi connectivity index (χ1n) is 8.85. The van der Waals surface area contributed by atoms with Crippen LogP contribution in [0.3, 0.4) is 0 Å². The minimum atomic E-state index is -0.697. The van der Waals surface area contributed by atoms with E-state index in [1.54, 1.807) is 12.0 Å². The van der Waals surface area contributed by atoms with E-state index >= 15 is 0 Å². The van der Waals surface area contributed by atoms with Crippen LogP contribution in [0.1, 0.15) is 43.6 Å². The molecule has 1 aromatic rings. The normalized spacial score (nSPS) is 26.5. The van der Waals surface area contributed by atoms with Gasteiger partial charge in [-0.2, -0.15) is 0 Å². The topological polar surface area (TPSA) is 76.1 Å². The Morgan fingerprint density at radius 3 is 2.52 bits per heavy atom. The predicted octanol–water partition coefficient (Wildman–Crippen LogP) is 3.41. The summed E-state index contributed by atoms with van der Waals surface area (Å²) in [5, 5.41) is 8.91. The Balaban J connectivity index is 1.58. The molecule has 1 amide bonds. The van der Waals surface area contributed by atoms with Gasteiger partial charge in [-0.15, -0.1) is 0 Å². The highest BCUT2D eigenvalue weighted by atomic mass is 16.6. The minimum Gasteiger partial charge on any atom is -0.481 e. The van der Waals surface area contributed by atoms with Gasteiger partial charge in [-0.25, -0.2) is 4.79 Å². The lowest BCUT2D eigenvalue weighted by Crippen LogP contribution is -2.25. The lowest BCUT2D eigenvalue weighted by atomic mass is 9.77. The molecule has 2 aliphatic rings. The Kier molecular flexibility index (Phi) is 5.58. The summed E-state index contributed by atoms with van der Waals surface area (Å²) in [5.41, 5.74) is 2.10. The maximum Gasteiger partial charge on any atom is 0.414 e. The zero-order valence-corrected chi connectivity index (χ0v) is 14.5. The molecule has 1 N–H and O–H groups in total. The Morgan fingerprint density at radius 2 is 1.92 bits per heavy atom. The van der Waals surface area contributed by atoms with E-state index < -0.39 is 5.97 Å². The molecule has 2 fully saturated rings. The van der Waals surface area contributed by atoms with E-state index in [1.165, 1.54) is 5.56 Å². The predicted molar refractivity (Wildman–Crippen MR) is 92.9 cm³/mol. The van der Waals surface area contributed by atoms with Gasteiger partial charge in [0.15, 0.2) is 0 Å². The number of hydrogen-bond acceptors (Lipinski definition) is 4. The first kappa shape index (κ1) is 17.7. The Hall–Kier alpha value is -2.08. The molecule has 1 atom stereocenters. The van der Waals surface area contributed by atoms with Crippen molar-refractivity contribution >= 4 is 17.7 Å². The second-order valence-corrected chi connectivity index (χ2v) is 6.98. The van der Waals surface area contributed by atoms with Crippen LogP contribution in [0.5, 0.6) is 0 Å². The summed E-state index contributed by atoms with van der Waals surface area (Å²) in [6.07, 6.45) is 3.72. The standard InChI is InChI=1S/C19H25NO5/c1-24-12-17-11-20(19(23)25-17)16-8-6-15(7-9-16)14-4-2-13(3-5-14)10-18(21)22/h6-9,13-14,17H,2-5,10-12H2,1H3,(H,21,22). The van der Waals surface area contributed by atoms with Crippen molar-refractivity contribution in [2.75, 3.05) is 25.2 Å². The molecule has 1 saturated heterocycles. The van der Waals surface area contributed by atoms with Crippen LogP contribution in [-0.2, 0) is 14.3 Å². The van der Waals surface area contributed by atoms with Gasteiger partial charge in [-0.3, -0.25) is 9.69 Å². The number of carbonyl (C=O) groups excluding carboxylic acids is 1. The highest BCUT2D eigenvalue weighted by Gasteiger charge is 2.32. The smallest absolute Gasteiger partial charge is 0.414 e. The van der Waals surface area contributed by atoms with Crippen molar-refractivity contribution in [2.45, 2.75) is 44.1 Å². The van der Waals surface area contributed by atoms with Gasteiger partial charge in [-0.05, 0) is 55.2 Å². The van der Waals surface area contributed by atoms with E-state index in [0.717, 1.165) is 31.4 Å². The quantitative estimate of drug-likeness (QED) is 0.853. The first-order valence-corrected chi connectivity index (χ1v) is 8.85. The SMILES string of the molecule is COCC1CN(c2ccc(C3CCC(CC(=O)O)CC3)cc2)C(=O)O1. The fourth-order valence-corrected chi connectivity index (χ4v) is 3.88. The zero-order valence-electron chi connectivity index (χ0n) is 14.5. The fourth-order valence-electron chi connectivity index (χ4n) is 3.88. The average Bonchev–Trinajstić information content (AvgIpc) is 2.96. The van der Waals surface area contributed by atoms with Crippen molar-refractivity contribution in [1.82, 2.24) is 0 Å². The first-order chi connectivity index (χ1) is 12.1. The van der Waals surface area contributed by atoms with Gasteiger partial charge in [0.05, 0.1) is 13.2 Å². The van der Waals surface area contributed by atoms with Crippen LogP contribution in [0, 0.1) is 5.92 Å². The van der Waals surface area contributed by atoms with Crippen LogP contribution in [0.4, 0.5) is 10.5 Å². The molecule has 6 heteroatoms. The number of carboxylic acid groups (broad SMARTS) is 1. The third kappa shape index (κ3) is 4.31. The van der Waals surface area contributed by atoms with E-state index in [1.807, 2.05) is 12.1 Å². The summed E-state index contributed by atoms with van der Waals surface area (Å²) in [5.74, 6) is 0.0908. The number of carbonyl (C=O) groups is 2. The van der Waals surface area contributed by atoms with E-state index in [4.69, 9.17) is 14.6 Å². The fraction of sp³-hybridized carbons (Fsp3) is 0.579. The summed E-state index contributed by atoms with van der Waals surface area (Å²) >= 11 is 0. The number of hydrogen-bond donors (Lipinski definition) is 1. The molecule has 0 spiro atoms. The van der Waals surface area contributed by atoms with Crippen LogP contribution < -0.4 is 4.90 Å². The number of nitrogens with zero attached hydrogens (tertiary/aromatic N) is 1. The molecule has 3 rings (SSSR count).